The molecule has 3 heteroatoms. The van der Waals surface area contributed by atoms with E-state index in [-0.39, 0.29) is 6.17 Å². The Morgan fingerprint density at radius 2 is 1.15 bits per heavy atom. The molecular formula is C38H26N3-. The minimum atomic E-state index is -0.297. The molecule has 41 heavy (non-hydrogen) atoms. The molecule has 7 aromatic rings. The predicted molar refractivity (Wildman–Crippen MR) is 172 cm³/mol. The summed E-state index contributed by atoms with van der Waals surface area (Å²) in [5.74, 6) is 0. The van der Waals surface area contributed by atoms with Crippen molar-refractivity contribution in [1.29, 1.82) is 0 Å². The fourth-order valence-electron chi connectivity index (χ4n) is 5.92. The Morgan fingerprint density at radius 3 is 1.88 bits per heavy atom. The maximum absolute atomic E-state index is 5.12. The molecule has 1 aromatic heterocycles. The lowest BCUT2D eigenvalue weighted by molar-refractivity contribution is 0.879. The van der Waals surface area contributed by atoms with Gasteiger partial charge in [0, 0.05) is 22.6 Å². The maximum atomic E-state index is 5.12. The number of aliphatic imine (C=N–C) groups is 1. The van der Waals surface area contributed by atoms with Crippen LogP contribution in [0.25, 0.3) is 49.3 Å². The molecule has 2 heterocycles. The number of aromatic nitrogens is 1. The summed E-state index contributed by atoms with van der Waals surface area (Å²) in [6.07, 6.45) is 1.83. The number of hydrogen-bond acceptors (Lipinski definition) is 1. The van der Waals surface area contributed by atoms with Crippen molar-refractivity contribution in [1.82, 2.24) is 4.57 Å². The van der Waals surface area contributed by atoms with Crippen LogP contribution in [0.2, 0.25) is 0 Å². The molecule has 0 saturated heterocycles. The van der Waals surface area contributed by atoms with E-state index >= 15 is 0 Å². The van der Waals surface area contributed by atoms with Crippen LogP contribution in [-0.4, -0.2) is 10.3 Å². The van der Waals surface area contributed by atoms with Gasteiger partial charge < -0.3 is 9.88 Å². The first kappa shape index (κ1) is 23.5. The molecular weight excluding hydrogens is 498 g/mol. The average Bonchev–Trinajstić information content (AvgIpc) is 3.39. The summed E-state index contributed by atoms with van der Waals surface area (Å²) in [5, 5.41) is 10.1. The second kappa shape index (κ2) is 9.65. The van der Waals surface area contributed by atoms with E-state index in [1.807, 2.05) is 6.07 Å². The van der Waals surface area contributed by atoms with Crippen molar-refractivity contribution in [3.05, 3.63) is 174 Å². The van der Waals surface area contributed by atoms with Crippen molar-refractivity contribution in [2.24, 2.45) is 4.99 Å². The Morgan fingerprint density at radius 1 is 0.537 bits per heavy atom. The van der Waals surface area contributed by atoms with Crippen LogP contribution in [0, 0.1) is 0 Å². The average molecular weight is 525 g/mol. The first-order chi connectivity index (χ1) is 20.3. The summed E-state index contributed by atoms with van der Waals surface area (Å²) in [5.41, 5.74) is 8.68. The van der Waals surface area contributed by atoms with Crippen molar-refractivity contribution in [2.75, 3.05) is 0 Å². The summed E-state index contributed by atoms with van der Waals surface area (Å²) in [6.45, 7) is 0. The summed E-state index contributed by atoms with van der Waals surface area (Å²) >= 11 is 0. The predicted octanol–water partition coefficient (Wildman–Crippen LogP) is 9.85. The molecule has 0 aliphatic carbocycles. The second-order valence-corrected chi connectivity index (χ2v) is 10.4. The maximum Gasteiger partial charge on any atom is 0.0623 e. The highest BCUT2D eigenvalue weighted by atomic mass is 15.1. The summed E-state index contributed by atoms with van der Waals surface area (Å²) < 4.78 is 2.34. The zero-order valence-corrected chi connectivity index (χ0v) is 22.4. The number of nitrogens with zero attached hydrogens (tertiary/aromatic N) is 3. The topological polar surface area (TPSA) is 31.4 Å². The highest BCUT2D eigenvalue weighted by Gasteiger charge is 2.14. The quantitative estimate of drug-likeness (QED) is 0.219. The molecule has 0 radical (unpaired) electrons. The van der Waals surface area contributed by atoms with Crippen LogP contribution < -0.4 is 0 Å². The standard InChI is InChI=1S/C38H26N3/c1-2-11-28(12-3-1)38-39-34(25-35(40-38)30-19-18-26-10-4-5-13-29(26)24-30)27-20-22-31(23-21-27)41-36-16-8-6-14-32(36)33-15-7-9-17-37(33)41/h1-25,38H/q-1. The van der Waals surface area contributed by atoms with Crippen LogP contribution in [0.5, 0.6) is 0 Å². The summed E-state index contributed by atoms with van der Waals surface area (Å²) in [4.78, 5) is 5.12. The van der Waals surface area contributed by atoms with E-state index in [0.29, 0.717) is 0 Å². The molecule has 1 unspecified atom stereocenters. The number of allylic oxidation sites excluding steroid dienone is 1. The van der Waals surface area contributed by atoms with Gasteiger partial charge in [0.05, 0.1) is 16.7 Å². The molecule has 0 bridgehead atoms. The van der Waals surface area contributed by atoms with Gasteiger partial charge in [-0.2, -0.15) is 0 Å². The van der Waals surface area contributed by atoms with E-state index < -0.39 is 0 Å². The van der Waals surface area contributed by atoms with Crippen LogP contribution >= 0.6 is 0 Å². The van der Waals surface area contributed by atoms with Gasteiger partial charge in [0.2, 0.25) is 0 Å². The molecule has 1 aliphatic heterocycles. The van der Waals surface area contributed by atoms with Crippen LogP contribution in [0.15, 0.2) is 157 Å². The molecule has 0 N–H and O–H groups in total. The lowest BCUT2D eigenvalue weighted by Gasteiger charge is -2.37. The fraction of sp³-hybridized carbons (Fsp3) is 0.0263. The van der Waals surface area contributed by atoms with Crippen LogP contribution in [0.4, 0.5) is 0 Å². The summed E-state index contributed by atoms with van der Waals surface area (Å²) in [6, 6.07) is 51.3. The molecule has 1 aliphatic rings. The largest absolute Gasteiger partial charge is 0.659 e. The van der Waals surface area contributed by atoms with E-state index in [2.05, 4.69) is 150 Å². The van der Waals surface area contributed by atoms with E-state index in [1.165, 1.54) is 32.6 Å². The van der Waals surface area contributed by atoms with Crippen LogP contribution in [0.1, 0.15) is 22.9 Å². The van der Waals surface area contributed by atoms with Crippen molar-refractivity contribution >= 4 is 44.0 Å². The third-order valence-corrected chi connectivity index (χ3v) is 7.94. The molecule has 1 atom stereocenters. The first-order valence-corrected chi connectivity index (χ1v) is 14.0. The van der Waals surface area contributed by atoms with Gasteiger partial charge >= 0.3 is 0 Å². The molecule has 8 rings (SSSR count). The van der Waals surface area contributed by atoms with Gasteiger partial charge in [0.25, 0.3) is 0 Å². The third kappa shape index (κ3) is 4.11. The SMILES string of the molecule is C1=C(c2ccc3ccccc3c2)[N-]C(c2ccccc2)N=C1c1ccc(-n2c3ccccc3c3ccccc32)cc1. The molecule has 0 saturated carbocycles. The summed E-state index contributed by atoms with van der Waals surface area (Å²) in [7, 11) is 0. The normalized spacial score (nSPS) is 15.1. The number of benzene rings is 6. The van der Waals surface area contributed by atoms with E-state index in [4.69, 9.17) is 10.3 Å². The Hall–Kier alpha value is -5.41. The van der Waals surface area contributed by atoms with Crippen molar-refractivity contribution in [3.63, 3.8) is 0 Å². The zero-order chi connectivity index (χ0) is 27.2. The van der Waals surface area contributed by atoms with E-state index in [1.54, 1.807) is 0 Å². The Balaban J connectivity index is 1.23. The molecule has 0 amide bonds. The fourth-order valence-corrected chi connectivity index (χ4v) is 5.92. The Kier molecular flexibility index (Phi) is 5.53. The Bertz CT molecular complexity index is 2060. The lowest BCUT2D eigenvalue weighted by Crippen LogP contribution is -2.09. The van der Waals surface area contributed by atoms with Crippen LogP contribution in [-0.2, 0) is 0 Å². The number of para-hydroxylation sites is 2. The first-order valence-electron chi connectivity index (χ1n) is 14.0. The van der Waals surface area contributed by atoms with Gasteiger partial charge in [0.15, 0.2) is 0 Å². The highest BCUT2D eigenvalue weighted by molar-refractivity contribution is 6.15. The third-order valence-electron chi connectivity index (χ3n) is 7.94. The van der Waals surface area contributed by atoms with Crippen molar-refractivity contribution in [2.45, 2.75) is 6.17 Å². The van der Waals surface area contributed by atoms with Crippen LogP contribution in [0.3, 0.4) is 0 Å². The lowest BCUT2D eigenvalue weighted by atomic mass is 10.00. The molecule has 0 spiro atoms. The minimum Gasteiger partial charge on any atom is -0.659 e. The van der Waals surface area contributed by atoms with Gasteiger partial charge in [-0.15, -0.1) is 5.70 Å². The van der Waals surface area contributed by atoms with E-state index in [0.717, 1.165) is 33.8 Å². The molecule has 6 aromatic carbocycles. The number of fused-ring (bicyclic) bond motifs is 4. The number of rotatable bonds is 4. The van der Waals surface area contributed by atoms with Crippen molar-refractivity contribution in [3.8, 4) is 5.69 Å². The van der Waals surface area contributed by atoms with Crippen molar-refractivity contribution < 1.29 is 0 Å². The van der Waals surface area contributed by atoms with Gasteiger partial charge in [-0.1, -0.05) is 121 Å². The minimum absolute atomic E-state index is 0.297. The monoisotopic (exact) mass is 524 g/mol. The number of hydrogen-bond donors (Lipinski definition) is 0. The highest BCUT2D eigenvalue weighted by Crippen LogP contribution is 2.38. The second-order valence-electron chi connectivity index (χ2n) is 10.4. The molecule has 194 valence electrons. The van der Waals surface area contributed by atoms with Gasteiger partial charge in [-0.25, -0.2) is 0 Å². The zero-order valence-electron chi connectivity index (χ0n) is 22.4. The molecule has 0 fully saturated rings. The molecule has 3 nitrogen and oxygen atoms in total. The Labute approximate surface area is 238 Å². The van der Waals surface area contributed by atoms with Gasteiger partial charge in [0.1, 0.15) is 0 Å². The van der Waals surface area contributed by atoms with Gasteiger partial charge in [-0.05, 0) is 57.8 Å². The van der Waals surface area contributed by atoms with Gasteiger partial charge in [-0.3, -0.25) is 4.99 Å². The van der Waals surface area contributed by atoms with E-state index in [9.17, 15) is 0 Å². The smallest absolute Gasteiger partial charge is 0.0623 e.